The molecule has 0 aliphatic heterocycles. The van der Waals surface area contributed by atoms with Crippen LogP contribution in [0, 0.1) is 0 Å². The van der Waals surface area contributed by atoms with E-state index in [1.165, 1.54) is 14.7 Å². The van der Waals surface area contributed by atoms with Crippen molar-refractivity contribution >= 4 is 21.0 Å². The first-order valence-electron chi connectivity index (χ1n) is 9.83. The molecule has 0 aliphatic rings. The summed E-state index contributed by atoms with van der Waals surface area (Å²) in [6.07, 6.45) is -4.84. The summed E-state index contributed by atoms with van der Waals surface area (Å²) in [5.74, 6) is 0.304. The van der Waals surface area contributed by atoms with Gasteiger partial charge in [-0.05, 0) is 60.7 Å². The van der Waals surface area contributed by atoms with Crippen molar-refractivity contribution in [2.75, 3.05) is 0 Å². The van der Waals surface area contributed by atoms with E-state index in [1.807, 2.05) is 24.3 Å². The number of hydrogen-bond acceptors (Lipinski definition) is 4. The van der Waals surface area contributed by atoms with Crippen LogP contribution in [0.3, 0.4) is 0 Å². The maximum Gasteiger partial charge on any atom is 0.417 e. The molecule has 0 aromatic heterocycles. The highest BCUT2D eigenvalue weighted by Gasteiger charge is 2.34. The quantitative estimate of drug-likeness (QED) is 0.269. The van der Waals surface area contributed by atoms with Crippen molar-refractivity contribution in [1.29, 1.82) is 0 Å². The lowest BCUT2D eigenvalue weighted by Gasteiger charge is -2.14. The topological polar surface area (TPSA) is 77.4 Å². The van der Waals surface area contributed by atoms with Crippen LogP contribution in [-0.4, -0.2) is 18.1 Å². The fourth-order valence-electron chi connectivity index (χ4n) is 3.02. The van der Waals surface area contributed by atoms with E-state index in [4.69, 9.17) is 0 Å². The van der Waals surface area contributed by atoms with Gasteiger partial charge in [-0.3, -0.25) is 0 Å². The smallest absolute Gasteiger partial charge is 0.417 e. The number of phenols is 1. The van der Waals surface area contributed by atoms with Crippen molar-refractivity contribution in [2.45, 2.75) is 25.8 Å². The zero-order valence-corrected chi connectivity index (χ0v) is 19.1. The number of halogens is 3. The van der Waals surface area contributed by atoms with Gasteiger partial charge < -0.3 is 9.66 Å². The molecule has 4 aromatic carbocycles. The minimum atomic E-state index is -5.09. The molecule has 0 spiro atoms. The van der Waals surface area contributed by atoms with E-state index >= 15 is 0 Å². The van der Waals surface area contributed by atoms with Gasteiger partial charge in [0.2, 0.25) is 0 Å². The third kappa shape index (κ3) is 6.63. The van der Waals surface area contributed by atoms with E-state index in [0.29, 0.717) is 17.9 Å². The van der Waals surface area contributed by atoms with E-state index in [2.05, 4.69) is 48.5 Å². The van der Waals surface area contributed by atoms with Gasteiger partial charge in [0.25, 0.3) is 0 Å². The van der Waals surface area contributed by atoms with Crippen LogP contribution in [0.4, 0.5) is 13.2 Å². The van der Waals surface area contributed by atoms with Crippen LogP contribution < -0.4 is 0 Å². The Kier molecular flexibility index (Phi) is 8.03. The predicted molar refractivity (Wildman–Crippen MR) is 123 cm³/mol. The Balaban J connectivity index is 0.000000204. The van der Waals surface area contributed by atoms with Gasteiger partial charge in [-0.25, -0.2) is 8.42 Å². The molecule has 34 heavy (non-hydrogen) atoms. The molecule has 0 aliphatic carbocycles. The Morgan fingerprint density at radius 1 is 0.647 bits per heavy atom. The minimum Gasteiger partial charge on any atom is -0.744 e. The maximum atomic E-state index is 12.2. The molecule has 0 fully saturated rings. The van der Waals surface area contributed by atoms with Crippen LogP contribution in [0.15, 0.2) is 129 Å². The third-order valence-corrected chi connectivity index (χ3v) is 7.62. The second-order valence-corrected chi connectivity index (χ2v) is 10.2. The summed E-state index contributed by atoms with van der Waals surface area (Å²) in [7, 11) is -5.22. The first kappa shape index (κ1) is 25.4. The Morgan fingerprint density at radius 2 is 1.06 bits per heavy atom. The molecule has 9 heteroatoms. The van der Waals surface area contributed by atoms with Gasteiger partial charge in [0, 0.05) is 0 Å². The summed E-state index contributed by atoms with van der Waals surface area (Å²) in [5, 5.41) is 9.48. The number of aromatic hydroxyl groups is 1. The summed E-state index contributed by atoms with van der Waals surface area (Å²) in [4.78, 5) is 2.53. The molecular formula is C25H19F3O4S2. The molecule has 0 saturated heterocycles. The molecule has 0 saturated carbocycles. The average molecular weight is 505 g/mol. The number of phenolic OH excluding ortho intramolecular Hbond substituents is 1. The summed E-state index contributed by atoms with van der Waals surface area (Å²) in [6, 6.07) is 31.7. The molecule has 0 unspecified atom stereocenters. The van der Waals surface area contributed by atoms with E-state index in [-0.39, 0.29) is 10.9 Å². The second-order valence-electron chi connectivity index (χ2n) is 6.87. The normalized spacial score (nSPS) is 11.6. The summed E-state index contributed by atoms with van der Waals surface area (Å²) in [6.45, 7) is 0. The molecule has 0 heterocycles. The minimum absolute atomic E-state index is 0.134. The second kappa shape index (κ2) is 10.8. The van der Waals surface area contributed by atoms with Crippen LogP contribution >= 0.6 is 0 Å². The molecule has 1 N–H and O–H groups in total. The molecule has 176 valence electrons. The van der Waals surface area contributed by atoms with Crippen molar-refractivity contribution in [2.24, 2.45) is 0 Å². The van der Waals surface area contributed by atoms with Crippen LogP contribution in [0.25, 0.3) is 0 Å². The summed E-state index contributed by atoms with van der Waals surface area (Å²) in [5.41, 5.74) is -1.44. The maximum absolute atomic E-state index is 12.2. The van der Waals surface area contributed by atoms with Crippen molar-refractivity contribution in [3.8, 4) is 5.75 Å². The number of hydrogen-bond donors (Lipinski definition) is 1. The lowest BCUT2D eigenvalue weighted by molar-refractivity contribution is -0.140. The molecule has 4 aromatic rings. The lowest BCUT2D eigenvalue weighted by Crippen LogP contribution is -2.12. The van der Waals surface area contributed by atoms with Crippen LogP contribution in [-0.2, 0) is 27.2 Å². The van der Waals surface area contributed by atoms with E-state index in [0.717, 1.165) is 12.1 Å². The first-order chi connectivity index (χ1) is 16.1. The van der Waals surface area contributed by atoms with Crippen molar-refractivity contribution in [3.05, 3.63) is 115 Å². The van der Waals surface area contributed by atoms with Gasteiger partial charge in [-0.15, -0.1) is 0 Å². The number of rotatable bonds is 4. The Morgan fingerprint density at radius 3 is 1.47 bits per heavy atom. The first-order valence-corrected chi connectivity index (χ1v) is 12.5. The Bertz CT molecular complexity index is 1270. The van der Waals surface area contributed by atoms with Gasteiger partial charge in [0.1, 0.15) is 15.9 Å². The zero-order chi connectivity index (χ0) is 24.8. The zero-order valence-electron chi connectivity index (χ0n) is 17.5. The van der Waals surface area contributed by atoms with Crippen LogP contribution in [0.5, 0.6) is 5.75 Å². The number of alkyl halides is 3. The molecular weight excluding hydrogens is 485 g/mol. The highest BCUT2D eigenvalue weighted by atomic mass is 32.2. The molecule has 0 atom stereocenters. The highest BCUT2D eigenvalue weighted by molar-refractivity contribution is 7.97. The fraction of sp³-hybridized carbons (Fsp3) is 0.0400. The Hall–Kier alpha value is -3.27. The van der Waals surface area contributed by atoms with E-state index < -0.39 is 26.8 Å². The van der Waals surface area contributed by atoms with Crippen LogP contribution in [0.1, 0.15) is 5.56 Å². The largest absolute Gasteiger partial charge is 0.744 e. The molecule has 0 radical (unpaired) electrons. The van der Waals surface area contributed by atoms with Crippen molar-refractivity contribution < 1.29 is 31.2 Å². The molecule has 4 rings (SSSR count). The monoisotopic (exact) mass is 504 g/mol. The van der Waals surface area contributed by atoms with E-state index in [9.17, 15) is 31.2 Å². The molecule has 0 amide bonds. The fourth-order valence-corrected chi connectivity index (χ4v) is 5.80. The third-order valence-electron chi connectivity index (χ3n) is 4.49. The molecule has 0 bridgehead atoms. The van der Waals surface area contributed by atoms with Gasteiger partial charge in [0.05, 0.1) is 21.4 Å². The van der Waals surface area contributed by atoms with Gasteiger partial charge in [-0.1, -0.05) is 48.5 Å². The lowest BCUT2D eigenvalue weighted by atomic mass is 10.2. The van der Waals surface area contributed by atoms with Crippen LogP contribution in [0.2, 0.25) is 0 Å². The Labute approximate surface area is 198 Å². The molecule has 4 nitrogen and oxygen atoms in total. The van der Waals surface area contributed by atoms with E-state index in [1.54, 1.807) is 12.1 Å². The standard InChI is InChI=1S/C18H14OS.C7H5F3O3S/c19-15-11-13-18(14-12-15)20(16-7-3-1-4-8-16)17-9-5-2-6-10-17;8-7(9,10)5-3-1-2-4-6(5)14(11,12)13/h1-14H;1-4H,(H,11,12,13). The highest BCUT2D eigenvalue weighted by Crippen LogP contribution is 2.34. The van der Waals surface area contributed by atoms with Gasteiger partial charge in [0.15, 0.2) is 14.7 Å². The SMILES string of the molecule is O=S(=O)([O-])c1ccccc1C(F)(F)F.Oc1ccc([S+](c2ccccc2)c2ccccc2)cc1. The summed E-state index contributed by atoms with van der Waals surface area (Å²) >= 11 is 0. The average Bonchev–Trinajstić information content (AvgIpc) is 2.81. The predicted octanol–water partition coefficient (Wildman–Crippen LogP) is 6.10. The van der Waals surface area contributed by atoms with Gasteiger partial charge >= 0.3 is 6.18 Å². The number of benzene rings is 4. The summed E-state index contributed by atoms with van der Waals surface area (Å²) < 4.78 is 67.9. The van der Waals surface area contributed by atoms with Crippen molar-refractivity contribution in [1.82, 2.24) is 0 Å². The van der Waals surface area contributed by atoms with Gasteiger partial charge in [-0.2, -0.15) is 13.2 Å². The van der Waals surface area contributed by atoms with Crippen molar-refractivity contribution in [3.63, 3.8) is 0 Å².